The van der Waals surface area contributed by atoms with Gasteiger partial charge in [-0.25, -0.2) is 13.4 Å². The minimum atomic E-state index is -3.69. The van der Waals surface area contributed by atoms with E-state index in [0.29, 0.717) is 11.4 Å². The van der Waals surface area contributed by atoms with Crippen molar-refractivity contribution in [3.8, 4) is 5.75 Å². The molecule has 0 bridgehead atoms. The number of phenolic OH excluding ortho intramolecular Hbond substituents is 1. The normalized spacial score (nSPS) is 11.5. The Bertz CT molecular complexity index is 695. The first kappa shape index (κ1) is 14.1. The van der Waals surface area contributed by atoms with Gasteiger partial charge in [-0.3, -0.25) is 4.31 Å². The Balaban J connectivity index is 2.45. The number of phenols is 1. The molecule has 1 aromatic carbocycles. The molecule has 2 rings (SSSR count). The second kappa shape index (κ2) is 4.99. The Morgan fingerprint density at radius 3 is 2.37 bits per heavy atom. The van der Waals surface area contributed by atoms with Gasteiger partial charge in [0.25, 0.3) is 10.0 Å². The molecule has 0 amide bonds. The van der Waals surface area contributed by atoms with Crippen LogP contribution in [-0.4, -0.2) is 25.6 Å². The molecule has 0 unspecified atom stereocenters. The molecule has 102 valence electrons. The van der Waals surface area contributed by atoms with Gasteiger partial charge in [0.05, 0.1) is 11.4 Å². The van der Waals surface area contributed by atoms with E-state index < -0.39 is 10.0 Å². The maximum Gasteiger partial charge on any atom is 0.275 e. The van der Waals surface area contributed by atoms with E-state index in [0.717, 1.165) is 15.6 Å². The van der Waals surface area contributed by atoms with Crippen molar-refractivity contribution in [1.29, 1.82) is 0 Å². The number of nitrogens with zero attached hydrogens (tertiary/aromatic N) is 2. The highest BCUT2D eigenvalue weighted by atomic mass is 35.5. The fraction of sp³-hybridized carbons (Fsp3) is 0.182. The Morgan fingerprint density at radius 1 is 1.32 bits per heavy atom. The number of aromatic hydroxyl groups is 1. The topological polar surface area (TPSA) is 70.5 Å². The standard InChI is InChI=1S/C11H11ClN2O3S2/c1-7-10(18-11(12)13-7)19(16,17)14(2)8-3-5-9(15)6-4-8/h3-6,15H,1-2H3. The summed E-state index contributed by atoms with van der Waals surface area (Å²) in [6.07, 6.45) is 0. The predicted molar refractivity (Wildman–Crippen MR) is 75.6 cm³/mol. The monoisotopic (exact) mass is 318 g/mol. The SMILES string of the molecule is Cc1nc(Cl)sc1S(=O)(=O)N(C)c1ccc(O)cc1. The van der Waals surface area contributed by atoms with Crippen LogP contribution in [-0.2, 0) is 10.0 Å². The fourth-order valence-corrected chi connectivity index (χ4v) is 4.60. The first-order valence-corrected chi connectivity index (χ1v) is 7.86. The van der Waals surface area contributed by atoms with Crippen molar-refractivity contribution in [3.63, 3.8) is 0 Å². The summed E-state index contributed by atoms with van der Waals surface area (Å²) >= 11 is 6.66. The minimum absolute atomic E-state index is 0.0755. The molecule has 0 radical (unpaired) electrons. The van der Waals surface area contributed by atoms with Crippen LogP contribution in [0.3, 0.4) is 0 Å². The lowest BCUT2D eigenvalue weighted by Crippen LogP contribution is -2.26. The van der Waals surface area contributed by atoms with E-state index in [1.165, 1.54) is 31.3 Å². The Morgan fingerprint density at radius 2 is 1.89 bits per heavy atom. The molecule has 2 aromatic rings. The summed E-state index contributed by atoms with van der Waals surface area (Å²) < 4.78 is 26.3. The van der Waals surface area contributed by atoms with E-state index in [1.807, 2.05) is 0 Å². The van der Waals surface area contributed by atoms with Gasteiger partial charge >= 0.3 is 0 Å². The number of aryl methyl sites for hydroxylation is 1. The second-order valence-electron chi connectivity index (χ2n) is 3.83. The molecule has 0 atom stereocenters. The highest BCUT2D eigenvalue weighted by Gasteiger charge is 2.26. The van der Waals surface area contributed by atoms with E-state index in [1.54, 1.807) is 6.92 Å². The number of benzene rings is 1. The number of hydrogen-bond acceptors (Lipinski definition) is 5. The summed E-state index contributed by atoms with van der Waals surface area (Å²) in [5, 5.41) is 9.21. The third kappa shape index (κ3) is 2.68. The Hall–Kier alpha value is -1.31. The summed E-state index contributed by atoms with van der Waals surface area (Å²) in [4.78, 5) is 3.91. The molecule has 1 aromatic heterocycles. The van der Waals surface area contributed by atoms with Gasteiger partial charge < -0.3 is 5.11 Å². The van der Waals surface area contributed by atoms with E-state index in [2.05, 4.69) is 4.98 Å². The van der Waals surface area contributed by atoms with Crippen molar-refractivity contribution in [2.24, 2.45) is 0 Å². The lowest BCUT2D eigenvalue weighted by molar-refractivity contribution is 0.475. The molecule has 0 spiro atoms. The highest BCUT2D eigenvalue weighted by molar-refractivity contribution is 7.94. The largest absolute Gasteiger partial charge is 0.508 e. The van der Waals surface area contributed by atoms with Crippen LogP contribution in [0.1, 0.15) is 5.69 Å². The molecule has 0 aliphatic heterocycles. The molecule has 5 nitrogen and oxygen atoms in total. The number of aromatic nitrogens is 1. The van der Waals surface area contributed by atoms with Gasteiger partial charge in [-0.1, -0.05) is 22.9 Å². The molecule has 0 saturated carbocycles. The summed E-state index contributed by atoms with van der Waals surface area (Å²) in [6, 6.07) is 5.89. The van der Waals surface area contributed by atoms with E-state index in [-0.39, 0.29) is 14.4 Å². The number of thiazole rings is 1. The maximum atomic E-state index is 12.4. The smallest absolute Gasteiger partial charge is 0.275 e. The predicted octanol–water partition coefficient (Wildman–Crippen LogP) is 2.64. The van der Waals surface area contributed by atoms with E-state index in [4.69, 9.17) is 11.6 Å². The fourth-order valence-electron chi connectivity index (χ4n) is 1.52. The first-order valence-electron chi connectivity index (χ1n) is 5.23. The van der Waals surface area contributed by atoms with Crippen LogP contribution in [0.15, 0.2) is 28.5 Å². The zero-order chi connectivity index (χ0) is 14.2. The Labute approximate surface area is 120 Å². The third-order valence-corrected chi connectivity index (χ3v) is 6.17. The number of sulfonamides is 1. The zero-order valence-electron chi connectivity index (χ0n) is 10.2. The summed E-state index contributed by atoms with van der Waals surface area (Å²) in [6.45, 7) is 1.60. The van der Waals surface area contributed by atoms with Crippen molar-refractivity contribution < 1.29 is 13.5 Å². The van der Waals surface area contributed by atoms with Gasteiger partial charge in [0.15, 0.2) is 8.68 Å². The Kier molecular flexibility index (Phi) is 3.71. The third-order valence-electron chi connectivity index (χ3n) is 2.54. The van der Waals surface area contributed by atoms with Gasteiger partial charge in [-0.15, -0.1) is 0 Å². The van der Waals surface area contributed by atoms with Crippen molar-refractivity contribution >= 4 is 38.6 Å². The maximum absolute atomic E-state index is 12.4. The lowest BCUT2D eigenvalue weighted by atomic mass is 10.3. The zero-order valence-corrected chi connectivity index (χ0v) is 12.6. The molecule has 0 fully saturated rings. The van der Waals surface area contributed by atoms with Crippen LogP contribution < -0.4 is 4.31 Å². The number of halogens is 1. The molecule has 0 aliphatic carbocycles. The van der Waals surface area contributed by atoms with Gasteiger partial charge in [0.1, 0.15) is 5.75 Å². The highest BCUT2D eigenvalue weighted by Crippen LogP contribution is 2.31. The first-order chi connectivity index (χ1) is 8.82. The average Bonchev–Trinajstić information content (AvgIpc) is 2.69. The quantitative estimate of drug-likeness (QED) is 0.944. The van der Waals surface area contributed by atoms with Crippen molar-refractivity contribution in [2.45, 2.75) is 11.1 Å². The number of rotatable bonds is 3. The van der Waals surface area contributed by atoms with Crippen molar-refractivity contribution in [3.05, 3.63) is 34.4 Å². The van der Waals surface area contributed by atoms with E-state index >= 15 is 0 Å². The number of anilines is 1. The van der Waals surface area contributed by atoms with Crippen LogP contribution in [0.2, 0.25) is 4.47 Å². The summed E-state index contributed by atoms with van der Waals surface area (Å²) in [5.74, 6) is 0.0755. The second-order valence-corrected chi connectivity index (χ2v) is 7.57. The van der Waals surface area contributed by atoms with E-state index in [9.17, 15) is 13.5 Å². The summed E-state index contributed by atoms with van der Waals surface area (Å²) in [7, 11) is -2.25. The molecule has 19 heavy (non-hydrogen) atoms. The molecule has 0 saturated heterocycles. The van der Waals surface area contributed by atoms with Crippen LogP contribution in [0.5, 0.6) is 5.75 Å². The van der Waals surface area contributed by atoms with Gasteiger partial charge in [-0.05, 0) is 31.2 Å². The molecule has 0 aliphatic rings. The van der Waals surface area contributed by atoms with Crippen LogP contribution in [0.25, 0.3) is 0 Å². The van der Waals surface area contributed by atoms with Gasteiger partial charge in [0.2, 0.25) is 0 Å². The average molecular weight is 319 g/mol. The molecule has 1 heterocycles. The molecule has 1 N–H and O–H groups in total. The van der Waals surface area contributed by atoms with Crippen LogP contribution in [0.4, 0.5) is 5.69 Å². The van der Waals surface area contributed by atoms with Crippen LogP contribution in [0, 0.1) is 6.92 Å². The molecule has 8 heteroatoms. The number of hydrogen-bond donors (Lipinski definition) is 1. The van der Waals surface area contributed by atoms with Gasteiger partial charge in [-0.2, -0.15) is 0 Å². The molecular weight excluding hydrogens is 308 g/mol. The van der Waals surface area contributed by atoms with Gasteiger partial charge in [0, 0.05) is 7.05 Å². The lowest BCUT2D eigenvalue weighted by Gasteiger charge is -2.18. The summed E-state index contributed by atoms with van der Waals surface area (Å²) in [5.41, 5.74) is 0.822. The van der Waals surface area contributed by atoms with Crippen molar-refractivity contribution in [2.75, 3.05) is 11.4 Å². The van der Waals surface area contributed by atoms with Crippen LogP contribution >= 0.6 is 22.9 Å². The minimum Gasteiger partial charge on any atom is -0.508 e. The van der Waals surface area contributed by atoms with Crippen molar-refractivity contribution in [1.82, 2.24) is 4.98 Å². The molecular formula is C11H11ClN2O3S2.